The van der Waals surface area contributed by atoms with Crippen molar-refractivity contribution in [2.24, 2.45) is 0 Å². The van der Waals surface area contributed by atoms with Crippen molar-refractivity contribution in [1.82, 2.24) is 4.90 Å². The van der Waals surface area contributed by atoms with Gasteiger partial charge in [0.2, 0.25) is 0 Å². The maximum absolute atomic E-state index is 11.6. The summed E-state index contributed by atoms with van der Waals surface area (Å²) in [5, 5.41) is 11.4. The van der Waals surface area contributed by atoms with Gasteiger partial charge in [-0.15, -0.1) is 0 Å². The fourth-order valence-electron chi connectivity index (χ4n) is 1.31. The van der Waals surface area contributed by atoms with Gasteiger partial charge < -0.3 is 15.3 Å². The van der Waals surface area contributed by atoms with Crippen LogP contribution in [-0.4, -0.2) is 35.6 Å². The van der Waals surface area contributed by atoms with Gasteiger partial charge >= 0.3 is 12.0 Å². The van der Waals surface area contributed by atoms with Crippen LogP contribution in [0.3, 0.4) is 0 Å². The molecule has 0 aromatic heterocycles. The van der Waals surface area contributed by atoms with Crippen molar-refractivity contribution in [2.45, 2.75) is 13.3 Å². The van der Waals surface area contributed by atoms with Crippen LogP contribution in [-0.2, 0) is 11.2 Å². The van der Waals surface area contributed by atoms with Crippen molar-refractivity contribution < 1.29 is 14.7 Å². The second kappa shape index (κ2) is 5.89. The minimum atomic E-state index is -0.921. The van der Waals surface area contributed by atoms with Crippen LogP contribution in [0.25, 0.3) is 0 Å². The van der Waals surface area contributed by atoms with Crippen LogP contribution in [0.1, 0.15) is 12.5 Å². The highest BCUT2D eigenvalue weighted by molar-refractivity contribution is 5.90. The number of benzene rings is 1. The summed E-state index contributed by atoms with van der Waals surface area (Å²) in [5.74, 6) is -0.921. The molecule has 2 N–H and O–H groups in total. The molecule has 0 heterocycles. The second-order valence-electron chi connectivity index (χ2n) is 3.67. The maximum atomic E-state index is 11.6. The first-order chi connectivity index (χ1) is 8.04. The van der Waals surface area contributed by atoms with Gasteiger partial charge in [-0.3, -0.25) is 4.79 Å². The number of carbonyl (C=O) groups excluding carboxylic acids is 1. The van der Waals surface area contributed by atoms with Gasteiger partial charge in [-0.2, -0.15) is 0 Å². The minimum absolute atomic E-state index is 0.105. The smallest absolute Gasteiger partial charge is 0.321 e. The molecule has 2 amide bonds. The van der Waals surface area contributed by atoms with Crippen molar-refractivity contribution in [2.75, 3.05) is 18.9 Å². The molecule has 0 aliphatic rings. The van der Waals surface area contributed by atoms with E-state index in [9.17, 15) is 9.59 Å². The van der Waals surface area contributed by atoms with E-state index in [1.165, 1.54) is 4.90 Å². The summed E-state index contributed by atoms with van der Waals surface area (Å²) in [6, 6.07) is 6.64. The molecule has 5 nitrogen and oxygen atoms in total. The molecule has 1 aromatic rings. The summed E-state index contributed by atoms with van der Waals surface area (Å²) in [5.41, 5.74) is 1.14. The zero-order chi connectivity index (χ0) is 12.8. The number of anilines is 1. The van der Waals surface area contributed by atoms with E-state index in [0.717, 1.165) is 0 Å². The summed E-state index contributed by atoms with van der Waals surface area (Å²) < 4.78 is 0. The summed E-state index contributed by atoms with van der Waals surface area (Å²) in [6.45, 7) is 2.45. The summed E-state index contributed by atoms with van der Waals surface area (Å²) in [4.78, 5) is 23.8. The third-order valence-corrected chi connectivity index (χ3v) is 2.42. The Labute approximate surface area is 100 Å². The Hall–Kier alpha value is -2.04. The standard InChI is InChI=1S/C12H16N2O3/c1-3-14(2)12(17)13-10-7-5-4-6-9(10)8-11(15)16/h4-7H,3,8H2,1-2H3,(H,13,17)(H,15,16). The van der Waals surface area contributed by atoms with Crippen LogP contribution in [0.15, 0.2) is 24.3 Å². The zero-order valence-electron chi connectivity index (χ0n) is 9.93. The van der Waals surface area contributed by atoms with Gasteiger partial charge in [-0.25, -0.2) is 4.79 Å². The van der Waals surface area contributed by atoms with Gasteiger partial charge in [0.1, 0.15) is 0 Å². The predicted octanol–water partition coefficient (Wildman–Crippen LogP) is 1.80. The lowest BCUT2D eigenvalue weighted by molar-refractivity contribution is -0.136. The normalized spacial score (nSPS) is 9.76. The van der Waals surface area contributed by atoms with Gasteiger partial charge in [0.25, 0.3) is 0 Å². The van der Waals surface area contributed by atoms with E-state index in [0.29, 0.717) is 17.8 Å². The third kappa shape index (κ3) is 3.79. The number of carboxylic acid groups (broad SMARTS) is 1. The molecule has 0 bridgehead atoms. The van der Waals surface area contributed by atoms with Gasteiger partial charge in [0.05, 0.1) is 6.42 Å². The van der Waals surface area contributed by atoms with Crippen molar-refractivity contribution in [3.8, 4) is 0 Å². The minimum Gasteiger partial charge on any atom is -0.481 e. The number of nitrogens with one attached hydrogen (secondary N) is 1. The monoisotopic (exact) mass is 236 g/mol. The molecule has 1 aromatic carbocycles. The lowest BCUT2D eigenvalue weighted by atomic mass is 10.1. The molecule has 5 heteroatoms. The average Bonchev–Trinajstić information content (AvgIpc) is 2.29. The Bertz CT molecular complexity index is 418. The molecular weight excluding hydrogens is 220 g/mol. The van der Waals surface area contributed by atoms with Crippen molar-refractivity contribution in [1.29, 1.82) is 0 Å². The van der Waals surface area contributed by atoms with Crippen LogP contribution < -0.4 is 5.32 Å². The van der Waals surface area contributed by atoms with E-state index >= 15 is 0 Å². The molecular formula is C12H16N2O3. The van der Waals surface area contributed by atoms with Crippen LogP contribution in [0, 0.1) is 0 Å². The highest BCUT2D eigenvalue weighted by atomic mass is 16.4. The Kier molecular flexibility index (Phi) is 4.51. The van der Waals surface area contributed by atoms with Crippen molar-refractivity contribution >= 4 is 17.7 Å². The average molecular weight is 236 g/mol. The van der Waals surface area contributed by atoms with E-state index in [1.54, 1.807) is 31.3 Å². The molecule has 1 rings (SSSR count). The molecule has 0 unspecified atom stereocenters. The Balaban J connectivity index is 2.83. The van der Waals surface area contributed by atoms with Gasteiger partial charge in [-0.05, 0) is 18.6 Å². The molecule has 0 saturated carbocycles. The number of carboxylic acids is 1. The molecule has 0 atom stereocenters. The molecule has 17 heavy (non-hydrogen) atoms. The highest BCUT2D eigenvalue weighted by Gasteiger charge is 2.11. The zero-order valence-corrected chi connectivity index (χ0v) is 9.93. The van der Waals surface area contributed by atoms with Crippen LogP contribution in [0.4, 0.5) is 10.5 Å². The number of hydrogen-bond acceptors (Lipinski definition) is 2. The Morgan fingerprint density at radius 2 is 2.00 bits per heavy atom. The number of urea groups is 1. The van der Waals surface area contributed by atoms with E-state index in [1.807, 2.05) is 6.92 Å². The Morgan fingerprint density at radius 1 is 1.35 bits per heavy atom. The summed E-state index contributed by atoms with van der Waals surface area (Å²) >= 11 is 0. The molecule has 0 aliphatic carbocycles. The fourth-order valence-corrected chi connectivity index (χ4v) is 1.31. The number of aliphatic carboxylic acids is 1. The molecule has 0 radical (unpaired) electrons. The van der Waals surface area contributed by atoms with E-state index < -0.39 is 5.97 Å². The van der Waals surface area contributed by atoms with Gasteiger partial charge in [-0.1, -0.05) is 18.2 Å². The van der Waals surface area contributed by atoms with Crippen LogP contribution in [0.2, 0.25) is 0 Å². The number of carbonyl (C=O) groups is 2. The highest BCUT2D eigenvalue weighted by Crippen LogP contribution is 2.16. The Morgan fingerprint density at radius 3 is 2.59 bits per heavy atom. The number of para-hydroxylation sites is 1. The van der Waals surface area contributed by atoms with E-state index in [-0.39, 0.29) is 12.5 Å². The fraction of sp³-hybridized carbons (Fsp3) is 0.333. The van der Waals surface area contributed by atoms with Crippen LogP contribution >= 0.6 is 0 Å². The SMILES string of the molecule is CCN(C)C(=O)Nc1ccccc1CC(=O)O. The molecule has 0 saturated heterocycles. The largest absolute Gasteiger partial charge is 0.481 e. The maximum Gasteiger partial charge on any atom is 0.321 e. The topological polar surface area (TPSA) is 69.6 Å². The first-order valence-electron chi connectivity index (χ1n) is 5.36. The van der Waals surface area contributed by atoms with Crippen LogP contribution in [0.5, 0.6) is 0 Å². The second-order valence-corrected chi connectivity index (χ2v) is 3.67. The molecule has 92 valence electrons. The van der Waals surface area contributed by atoms with E-state index in [4.69, 9.17) is 5.11 Å². The van der Waals surface area contributed by atoms with Gasteiger partial charge in [0.15, 0.2) is 0 Å². The molecule has 0 aliphatic heterocycles. The molecule has 0 fully saturated rings. The lowest BCUT2D eigenvalue weighted by Gasteiger charge is -2.17. The van der Waals surface area contributed by atoms with Crippen molar-refractivity contribution in [3.05, 3.63) is 29.8 Å². The number of amides is 2. The first kappa shape index (κ1) is 13.0. The quantitative estimate of drug-likeness (QED) is 0.837. The molecule has 0 spiro atoms. The van der Waals surface area contributed by atoms with Gasteiger partial charge in [0, 0.05) is 19.3 Å². The number of rotatable bonds is 4. The lowest BCUT2D eigenvalue weighted by Crippen LogP contribution is -2.31. The van der Waals surface area contributed by atoms with E-state index in [2.05, 4.69) is 5.32 Å². The summed E-state index contributed by atoms with van der Waals surface area (Å²) in [7, 11) is 1.68. The summed E-state index contributed by atoms with van der Waals surface area (Å²) in [6.07, 6.45) is -0.105. The predicted molar refractivity (Wildman–Crippen MR) is 65.1 cm³/mol. The first-order valence-corrected chi connectivity index (χ1v) is 5.36. The number of nitrogens with zero attached hydrogens (tertiary/aromatic N) is 1. The number of hydrogen-bond donors (Lipinski definition) is 2. The third-order valence-electron chi connectivity index (χ3n) is 2.42. The van der Waals surface area contributed by atoms with Crippen molar-refractivity contribution in [3.63, 3.8) is 0 Å².